The van der Waals surface area contributed by atoms with Gasteiger partial charge in [0.2, 0.25) is 5.91 Å². The Morgan fingerprint density at radius 3 is 2.67 bits per heavy atom. The highest BCUT2D eigenvalue weighted by molar-refractivity contribution is 5.83. The highest BCUT2D eigenvalue weighted by Crippen LogP contribution is 2.30. The van der Waals surface area contributed by atoms with Crippen LogP contribution in [0.5, 0.6) is 11.5 Å². The number of fused-ring (bicyclic) bond motifs is 1. The Morgan fingerprint density at radius 2 is 2.00 bits per heavy atom. The van der Waals surface area contributed by atoms with Crippen molar-refractivity contribution < 1.29 is 23.0 Å². The van der Waals surface area contributed by atoms with Crippen LogP contribution in [0.25, 0.3) is 11.0 Å². The molecule has 2 aromatic heterocycles. The standard InChI is InChI=1S/C23H28F2N4O4/c1-6-32-18-11-15(7-9-17(18)33-23(24)25)12-28(4)19(30)10-8-16-13(2)20-14(3)27-29(5)21(20)26-22(16)31/h7,9,11,23H,6,8,10,12H2,1-5H3,(H,26,31). The first-order valence-electron chi connectivity index (χ1n) is 10.6. The van der Waals surface area contributed by atoms with Gasteiger partial charge in [0.25, 0.3) is 5.56 Å². The minimum atomic E-state index is -2.96. The van der Waals surface area contributed by atoms with Gasteiger partial charge in [0.1, 0.15) is 5.65 Å². The predicted molar refractivity (Wildman–Crippen MR) is 120 cm³/mol. The zero-order valence-corrected chi connectivity index (χ0v) is 19.4. The fourth-order valence-corrected chi connectivity index (χ4v) is 3.95. The van der Waals surface area contributed by atoms with Gasteiger partial charge in [0.05, 0.1) is 12.3 Å². The van der Waals surface area contributed by atoms with Crippen molar-refractivity contribution in [3.8, 4) is 11.5 Å². The van der Waals surface area contributed by atoms with E-state index in [0.717, 1.165) is 16.6 Å². The molecule has 33 heavy (non-hydrogen) atoms. The maximum absolute atomic E-state index is 12.7. The Hall–Kier alpha value is -3.43. The summed E-state index contributed by atoms with van der Waals surface area (Å²) >= 11 is 0. The summed E-state index contributed by atoms with van der Waals surface area (Å²) in [4.78, 5) is 29.7. The van der Waals surface area contributed by atoms with Crippen LogP contribution in [0, 0.1) is 13.8 Å². The summed E-state index contributed by atoms with van der Waals surface area (Å²) in [7, 11) is 3.42. The van der Waals surface area contributed by atoms with Crippen molar-refractivity contribution >= 4 is 16.9 Å². The number of alkyl halides is 2. The van der Waals surface area contributed by atoms with E-state index in [1.807, 2.05) is 13.8 Å². The summed E-state index contributed by atoms with van der Waals surface area (Å²) in [5.41, 5.74) is 3.34. The smallest absolute Gasteiger partial charge is 0.387 e. The molecule has 0 aliphatic carbocycles. The average molecular weight is 462 g/mol. The number of aryl methyl sites for hydroxylation is 3. The lowest BCUT2D eigenvalue weighted by Gasteiger charge is -2.19. The molecule has 10 heteroatoms. The van der Waals surface area contributed by atoms with E-state index < -0.39 is 6.61 Å². The van der Waals surface area contributed by atoms with Gasteiger partial charge in [-0.3, -0.25) is 14.3 Å². The molecule has 3 aromatic rings. The van der Waals surface area contributed by atoms with Crippen LogP contribution in [-0.4, -0.2) is 45.8 Å². The zero-order chi connectivity index (χ0) is 24.3. The van der Waals surface area contributed by atoms with E-state index in [1.54, 1.807) is 37.8 Å². The molecule has 0 aliphatic rings. The number of hydrogen-bond acceptors (Lipinski definition) is 5. The van der Waals surface area contributed by atoms with E-state index >= 15 is 0 Å². The average Bonchev–Trinajstić information content (AvgIpc) is 3.02. The highest BCUT2D eigenvalue weighted by Gasteiger charge is 2.18. The molecular formula is C23H28F2N4O4. The van der Waals surface area contributed by atoms with Crippen LogP contribution in [-0.2, 0) is 24.8 Å². The molecule has 3 rings (SSSR count). The van der Waals surface area contributed by atoms with E-state index in [4.69, 9.17) is 4.74 Å². The monoisotopic (exact) mass is 462 g/mol. The molecule has 0 saturated heterocycles. The van der Waals surface area contributed by atoms with Crippen LogP contribution in [0.4, 0.5) is 8.78 Å². The van der Waals surface area contributed by atoms with Crippen molar-refractivity contribution in [1.82, 2.24) is 19.7 Å². The minimum Gasteiger partial charge on any atom is -0.490 e. The normalized spacial score (nSPS) is 11.3. The van der Waals surface area contributed by atoms with Crippen LogP contribution < -0.4 is 15.0 Å². The topological polar surface area (TPSA) is 89.5 Å². The molecule has 1 N–H and O–H groups in total. The summed E-state index contributed by atoms with van der Waals surface area (Å²) in [6.45, 7) is 3.07. The fourth-order valence-electron chi connectivity index (χ4n) is 3.95. The van der Waals surface area contributed by atoms with Gasteiger partial charge >= 0.3 is 6.61 Å². The van der Waals surface area contributed by atoms with Gasteiger partial charge < -0.3 is 19.4 Å². The highest BCUT2D eigenvalue weighted by atomic mass is 19.3. The van der Waals surface area contributed by atoms with Gasteiger partial charge in [-0.15, -0.1) is 0 Å². The molecule has 0 spiro atoms. The molecule has 0 unspecified atom stereocenters. The molecule has 178 valence electrons. The van der Waals surface area contributed by atoms with Crippen LogP contribution in [0.1, 0.15) is 35.7 Å². The number of carbonyl (C=O) groups excluding carboxylic acids is 1. The molecule has 8 nitrogen and oxygen atoms in total. The van der Waals surface area contributed by atoms with Gasteiger partial charge in [0.15, 0.2) is 11.5 Å². The Kier molecular flexibility index (Phi) is 7.35. The molecule has 0 saturated carbocycles. The third-order valence-electron chi connectivity index (χ3n) is 5.51. The number of hydrogen-bond donors (Lipinski definition) is 1. The molecule has 0 radical (unpaired) electrons. The van der Waals surface area contributed by atoms with Crippen LogP contribution in [0.2, 0.25) is 0 Å². The molecule has 0 aliphatic heterocycles. The second-order valence-corrected chi connectivity index (χ2v) is 7.83. The molecule has 2 heterocycles. The van der Waals surface area contributed by atoms with E-state index in [0.29, 0.717) is 23.2 Å². The van der Waals surface area contributed by atoms with Gasteiger partial charge in [0, 0.05) is 38.0 Å². The summed E-state index contributed by atoms with van der Waals surface area (Å²) in [5.74, 6) is -0.0125. The second kappa shape index (κ2) is 10.0. The van der Waals surface area contributed by atoms with Gasteiger partial charge in [-0.2, -0.15) is 13.9 Å². The Morgan fingerprint density at radius 1 is 1.27 bits per heavy atom. The number of pyridine rings is 1. The minimum absolute atomic E-state index is 0.0552. The lowest BCUT2D eigenvalue weighted by atomic mass is 10.0. The second-order valence-electron chi connectivity index (χ2n) is 7.83. The van der Waals surface area contributed by atoms with E-state index in [9.17, 15) is 18.4 Å². The van der Waals surface area contributed by atoms with E-state index in [2.05, 4.69) is 14.8 Å². The first-order valence-corrected chi connectivity index (χ1v) is 10.6. The number of nitrogens with zero attached hydrogens (tertiary/aromatic N) is 3. The van der Waals surface area contributed by atoms with Crippen LogP contribution in [0.3, 0.4) is 0 Å². The quantitative estimate of drug-likeness (QED) is 0.526. The van der Waals surface area contributed by atoms with E-state index in [1.165, 1.54) is 11.0 Å². The SMILES string of the molecule is CCOc1cc(CN(C)C(=O)CCc2c(C)c3c(C)nn(C)c3[nH]c2=O)ccc1OC(F)F. The van der Waals surface area contributed by atoms with Crippen LogP contribution >= 0.6 is 0 Å². The van der Waals surface area contributed by atoms with Crippen molar-refractivity contribution in [2.24, 2.45) is 7.05 Å². The Labute approximate surface area is 190 Å². The van der Waals surface area contributed by atoms with Gasteiger partial charge in [-0.25, -0.2) is 0 Å². The number of carbonyl (C=O) groups is 1. The van der Waals surface area contributed by atoms with Crippen molar-refractivity contribution in [1.29, 1.82) is 0 Å². The third kappa shape index (κ3) is 5.32. The molecule has 0 atom stereocenters. The zero-order valence-electron chi connectivity index (χ0n) is 19.4. The number of aromatic amines is 1. The molecule has 0 fully saturated rings. The third-order valence-corrected chi connectivity index (χ3v) is 5.51. The fraction of sp³-hybridized carbons (Fsp3) is 0.435. The lowest BCUT2D eigenvalue weighted by molar-refractivity contribution is -0.130. The number of benzene rings is 1. The summed E-state index contributed by atoms with van der Waals surface area (Å²) in [6.07, 6.45) is 0.441. The van der Waals surface area contributed by atoms with Crippen molar-refractivity contribution in [3.63, 3.8) is 0 Å². The summed E-state index contributed by atoms with van der Waals surface area (Å²) in [5, 5.41) is 5.25. The number of H-pyrrole nitrogens is 1. The summed E-state index contributed by atoms with van der Waals surface area (Å²) < 4.78 is 36.7. The van der Waals surface area contributed by atoms with Gasteiger partial charge in [-0.05, 0) is 50.5 Å². The molecule has 1 aromatic carbocycles. The number of ether oxygens (including phenoxy) is 2. The molecule has 1 amide bonds. The molecule has 0 bridgehead atoms. The van der Waals surface area contributed by atoms with Crippen molar-refractivity contribution in [3.05, 3.63) is 50.9 Å². The number of nitrogens with one attached hydrogen (secondary N) is 1. The maximum atomic E-state index is 12.7. The number of amides is 1. The lowest BCUT2D eigenvalue weighted by Crippen LogP contribution is -2.27. The van der Waals surface area contributed by atoms with Gasteiger partial charge in [-0.1, -0.05) is 6.07 Å². The van der Waals surface area contributed by atoms with Crippen molar-refractivity contribution in [2.75, 3.05) is 13.7 Å². The molecular weight excluding hydrogens is 434 g/mol. The number of halogens is 2. The maximum Gasteiger partial charge on any atom is 0.387 e. The summed E-state index contributed by atoms with van der Waals surface area (Å²) in [6, 6.07) is 4.59. The first-order chi connectivity index (χ1) is 15.6. The Balaban J connectivity index is 1.71. The number of aromatic nitrogens is 3. The first kappa shape index (κ1) is 24.2. The van der Waals surface area contributed by atoms with Crippen LogP contribution in [0.15, 0.2) is 23.0 Å². The Bertz CT molecular complexity index is 1220. The largest absolute Gasteiger partial charge is 0.490 e. The number of rotatable bonds is 9. The predicted octanol–water partition coefficient (Wildman–Crippen LogP) is 3.47. The van der Waals surface area contributed by atoms with Crippen molar-refractivity contribution in [2.45, 2.75) is 46.8 Å². The van der Waals surface area contributed by atoms with E-state index in [-0.39, 0.29) is 42.5 Å².